The highest BCUT2D eigenvalue weighted by atomic mass is 16.2. The van der Waals surface area contributed by atoms with Crippen LogP contribution < -0.4 is 16.3 Å². The van der Waals surface area contributed by atoms with E-state index in [1.54, 1.807) is 4.57 Å². The van der Waals surface area contributed by atoms with Crippen LogP contribution in [0.15, 0.2) is 4.79 Å². The second-order valence-corrected chi connectivity index (χ2v) is 7.79. The minimum Gasteiger partial charge on any atom is -0.355 e. The van der Waals surface area contributed by atoms with Crippen molar-refractivity contribution >= 4 is 11.8 Å². The van der Waals surface area contributed by atoms with Gasteiger partial charge in [0.1, 0.15) is 12.4 Å². The van der Waals surface area contributed by atoms with E-state index in [0.717, 1.165) is 63.9 Å². The number of carbonyl (C=O) groups is 2. The molecular formula is C19H32N6O3. The molecule has 1 saturated heterocycles. The van der Waals surface area contributed by atoms with Crippen molar-refractivity contribution in [1.82, 2.24) is 29.9 Å². The van der Waals surface area contributed by atoms with Gasteiger partial charge in [-0.15, -0.1) is 0 Å². The summed E-state index contributed by atoms with van der Waals surface area (Å²) in [6.45, 7) is 5.38. The fraction of sp³-hybridized carbons (Fsp3) is 0.789. The first-order valence-electron chi connectivity index (χ1n) is 10.5. The number of hydrogen-bond acceptors (Lipinski definition) is 5. The summed E-state index contributed by atoms with van der Waals surface area (Å²) >= 11 is 0. The van der Waals surface area contributed by atoms with Crippen LogP contribution in [0.25, 0.3) is 0 Å². The molecule has 1 aromatic heterocycles. The van der Waals surface area contributed by atoms with E-state index in [0.29, 0.717) is 19.6 Å². The number of fused-ring (bicyclic) bond motifs is 1. The van der Waals surface area contributed by atoms with Gasteiger partial charge in [0.05, 0.1) is 6.54 Å². The lowest BCUT2D eigenvalue weighted by molar-refractivity contribution is -0.124. The number of nitrogens with one attached hydrogen (secondary N) is 2. The van der Waals surface area contributed by atoms with Gasteiger partial charge in [-0.25, -0.2) is 9.48 Å². The smallest absolute Gasteiger partial charge is 0.346 e. The summed E-state index contributed by atoms with van der Waals surface area (Å²) in [6.07, 6.45) is 6.49. The van der Waals surface area contributed by atoms with E-state index in [-0.39, 0.29) is 30.1 Å². The lowest BCUT2D eigenvalue weighted by Gasteiger charge is -2.31. The molecule has 1 fully saturated rings. The standard InChI is InChI=1S/C19H32N6O3/c1-2-9-20-17(26)13-23-11-7-15(8-12-23)21-18(27)14-25-19(28)24-10-5-3-4-6-16(24)22-25/h15H,2-14H2,1H3,(H,20,26)(H,21,27). The summed E-state index contributed by atoms with van der Waals surface area (Å²) in [6, 6.07) is 0.0820. The summed E-state index contributed by atoms with van der Waals surface area (Å²) in [7, 11) is 0. The van der Waals surface area contributed by atoms with Crippen LogP contribution in [0, 0.1) is 0 Å². The zero-order valence-electron chi connectivity index (χ0n) is 16.8. The van der Waals surface area contributed by atoms with Crippen molar-refractivity contribution in [3.8, 4) is 0 Å². The second kappa shape index (κ2) is 9.86. The van der Waals surface area contributed by atoms with Gasteiger partial charge in [0, 0.05) is 38.6 Å². The van der Waals surface area contributed by atoms with Crippen LogP contribution >= 0.6 is 0 Å². The molecule has 156 valence electrons. The zero-order valence-corrected chi connectivity index (χ0v) is 16.8. The number of amides is 2. The van der Waals surface area contributed by atoms with E-state index in [2.05, 4.69) is 20.6 Å². The summed E-state index contributed by atoms with van der Waals surface area (Å²) in [5.41, 5.74) is -0.181. The van der Waals surface area contributed by atoms with Gasteiger partial charge in [0.2, 0.25) is 11.8 Å². The summed E-state index contributed by atoms with van der Waals surface area (Å²) < 4.78 is 3.01. The third-order valence-electron chi connectivity index (χ3n) is 5.47. The van der Waals surface area contributed by atoms with Crippen LogP contribution in [0.5, 0.6) is 0 Å². The van der Waals surface area contributed by atoms with Gasteiger partial charge >= 0.3 is 5.69 Å². The predicted molar refractivity (Wildman–Crippen MR) is 105 cm³/mol. The molecule has 2 aliphatic rings. The van der Waals surface area contributed by atoms with Gasteiger partial charge in [-0.1, -0.05) is 13.3 Å². The van der Waals surface area contributed by atoms with Crippen LogP contribution in [-0.2, 0) is 29.1 Å². The molecule has 0 bridgehead atoms. The molecule has 9 heteroatoms. The molecule has 3 heterocycles. The van der Waals surface area contributed by atoms with Crippen molar-refractivity contribution in [1.29, 1.82) is 0 Å². The molecule has 2 aliphatic heterocycles. The number of aryl methyl sites for hydroxylation is 1. The molecule has 0 atom stereocenters. The van der Waals surface area contributed by atoms with Crippen LogP contribution in [0.3, 0.4) is 0 Å². The maximum atomic E-state index is 12.5. The van der Waals surface area contributed by atoms with Gasteiger partial charge in [-0.3, -0.25) is 19.1 Å². The average Bonchev–Trinajstić information content (AvgIpc) is 2.85. The van der Waals surface area contributed by atoms with Gasteiger partial charge < -0.3 is 10.6 Å². The first kappa shape index (κ1) is 20.6. The highest BCUT2D eigenvalue weighted by molar-refractivity contribution is 5.78. The quantitative estimate of drug-likeness (QED) is 0.674. The lowest BCUT2D eigenvalue weighted by Crippen LogP contribution is -2.48. The van der Waals surface area contributed by atoms with Gasteiger partial charge in [0.25, 0.3) is 0 Å². The summed E-state index contributed by atoms with van der Waals surface area (Å²) in [5.74, 6) is 0.683. The molecule has 2 N–H and O–H groups in total. The van der Waals surface area contributed by atoms with Crippen molar-refractivity contribution in [2.45, 2.75) is 71.0 Å². The summed E-state index contributed by atoms with van der Waals surface area (Å²) in [4.78, 5) is 38.8. The average molecular weight is 393 g/mol. The van der Waals surface area contributed by atoms with Gasteiger partial charge in [-0.2, -0.15) is 5.10 Å². The normalized spacial score (nSPS) is 18.3. The van der Waals surface area contributed by atoms with E-state index in [9.17, 15) is 14.4 Å². The Kier molecular flexibility index (Phi) is 7.24. The minimum atomic E-state index is -0.181. The maximum absolute atomic E-state index is 12.5. The second-order valence-electron chi connectivity index (χ2n) is 7.79. The monoisotopic (exact) mass is 392 g/mol. The molecule has 2 amide bonds. The Bertz CT molecular complexity index is 733. The molecule has 0 aliphatic carbocycles. The molecule has 3 rings (SSSR count). The molecule has 0 spiro atoms. The maximum Gasteiger partial charge on any atom is 0.346 e. The van der Waals surface area contributed by atoms with Crippen molar-refractivity contribution in [3.63, 3.8) is 0 Å². The third kappa shape index (κ3) is 5.43. The number of likely N-dealkylation sites (tertiary alicyclic amines) is 1. The lowest BCUT2D eigenvalue weighted by atomic mass is 10.1. The third-order valence-corrected chi connectivity index (χ3v) is 5.47. The largest absolute Gasteiger partial charge is 0.355 e. The first-order chi connectivity index (χ1) is 13.6. The van der Waals surface area contributed by atoms with E-state index in [4.69, 9.17) is 0 Å². The van der Waals surface area contributed by atoms with E-state index in [1.165, 1.54) is 4.68 Å². The first-order valence-corrected chi connectivity index (χ1v) is 10.5. The molecule has 1 aromatic rings. The van der Waals surface area contributed by atoms with Crippen molar-refractivity contribution < 1.29 is 9.59 Å². The molecule has 0 radical (unpaired) electrons. The fourth-order valence-corrected chi connectivity index (χ4v) is 3.90. The predicted octanol–water partition coefficient (Wildman–Crippen LogP) is -0.122. The molecule has 0 aromatic carbocycles. The molecule has 9 nitrogen and oxygen atoms in total. The van der Waals surface area contributed by atoms with Crippen molar-refractivity contribution in [3.05, 3.63) is 16.3 Å². The van der Waals surface area contributed by atoms with E-state index >= 15 is 0 Å². The Morgan fingerprint density at radius 1 is 1.07 bits per heavy atom. The minimum absolute atomic E-state index is 0.0293. The highest BCUT2D eigenvalue weighted by Gasteiger charge is 2.23. The molecular weight excluding hydrogens is 360 g/mol. The van der Waals surface area contributed by atoms with Crippen molar-refractivity contribution in [2.24, 2.45) is 0 Å². The number of aromatic nitrogens is 3. The number of hydrogen-bond donors (Lipinski definition) is 2. The van der Waals surface area contributed by atoms with Crippen LogP contribution in [0.1, 0.15) is 51.3 Å². The van der Waals surface area contributed by atoms with Crippen LogP contribution in [-0.4, -0.2) is 63.3 Å². The van der Waals surface area contributed by atoms with E-state index in [1.807, 2.05) is 6.92 Å². The van der Waals surface area contributed by atoms with Gasteiger partial charge in [0.15, 0.2) is 0 Å². The Hall–Kier alpha value is -2.16. The Morgan fingerprint density at radius 3 is 2.61 bits per heavy atom. The number of nitrogens with zero attached hydrogens (tertiary/aromatic N) is 4. The topological polar surface area (TPSA) is 101 Å². The molecule has 0 unspecified atom stereocenters. The Morgan fingerprint density at radius 2 is 1.86 bits per heavy atom. The van der Waals surface area contributed by atoms with Crippen LogP contribution in [0.4, 0.5) is 0 Å². The molecule has 28 heavy (non-hydrogen) atoms. The SMILES string of the molecule is CCCNC(=O)CN1CCC(NC(=O)Cn2nc3n(c2=O)CCCCC3)CC1. The number of carbonyl (C=O) groups excluding carboxylic acids is 2. The van der Waals surface area contributed by atoms with Gasteiger partial charge in [-0.05, 0) is 32.1 Å². The Labute approximate surface area is 165 Å². The summed E-state index contributed by atoms with van der Waals surface area (Å²) in [5, 5.41) is 10.3. The number of rotatable bonds is 7. The van der Waals surface area contributed by atoms with E-state index < -0.39 is 0 Å². The highest BCUT2D eigenvalue weighted by Crippen LogP contribution is 2.11. The fourth-order valence-electron chi connectivity index (χ4n) is 3.90. The van der Waals surface area contributed by atoms with Crippen LogP contribution in [0.2, 0.25) is 0 Å². The van der Waals surface area contributed by atoms with Crippen molar-refractivity contribution in [2.75, 3.05) is 26.2 Å². The Balaban J connectivity index is 1.44. The molecule has 0 saturated carbocycles. The zero-order chi connectivity index (χ0) is 19.9. The number of piperidine rings is 1.